The molecule has 1 aliphatic carbocycles. The molecular weight excluding hydrogens is 428 g/mol. The van der Waals surface area contributed by atoms with E-state index in [2.05, 4.69) is 26.1 Å². The molecule has 7 nitrogen and oxygen atoms in total. The van der Waals surface area contributed by atoms with Gasteiger partial charge in [0.2, 0.25) is 5.91 Å². The molecular formula is C24H40N2O5S. The van der Waals surface area contributed by atoms with E-state index < -0.39 is 28.4 Å². The van der Waals surface area contributed by atoms with Gasteiger partial charge in [0.1, 0.15) is 23.1 Å². The predicted octanol–water partition coefficient (Wildman–Crippen LogP) is 3.51. The number of hydrogen-bond donors (Lipinski definition) is 2. The summed E-state index contributed by atoms with van der Waals surface area (Å²) in [6.07, 6.45) is 3.21. The van der Waals surface area contributed by atoms with Crippen LogP contribution in [0.5, 0.6) is 0 Å². The number of carboxylic acid groups (broad SMARTS) is 1. The fraction of sp³-hybridized carbons (Fsp3) is 0.875. The van der Waals surface area contributed by atoms with Crippen molar-refractivity contribution in [3.8, 4) is 0 Å². The second-order valence-corrected chi connectivity index (χ2v) is 13.1. The summed E-state index contributed by atoms with van der Waals surface area (Å²) in [5, 5.41) is 12.2. The predicted molar refractivity (Wildman–Crippen MR) is 125 cm³/mol. The summed E-state index contributed by atoms with van der Waals surface area (Å²) < 4.78 is 6.01. The zero-order chi connectivity index (χ0) is 24.2. The van der Waals surface area contributed by atoms with Gasteiger partial charge in [-0.25, -0.2) is 4.79 Å². The summed E-state index contributed by atoms with van der Waals surface area (Å²) in [7, 11) is 0. The Morgan fingerprint density at radius 3 is 2.41 bits per heavy atom. The lowest BCUT2D eigenvalue weighted by Crippen LogP contribution is -2.72. The fourth-order valence-electron chi connectivity index (χ4n) is 5.45. The highest BCUT2D eigenvalue weighted by atomic mass is 32.2. The summed E-state index contributed by atoms with van der Waals surface area (Å²) in [6, 6.07) is -1.61. The van der Waals surface area contributed by atoms with Gasteiger partial charge in [0.05, 0.1) is 6.10 Å². The molecule has 2 aliphatic heterocycles. The molecule has 182 valence electrons. The van der Waals surface area contributed by atoms with Crippen molar-refractivity contribution in [3.63, 3.8) is 0 Å². The van der Waals surface area contributed by atoms with Gasteiger partial charge >= 0.3 is 5.97 Å². The monoisotopic (exact) mass is 468 g/mol. The Bertz CT molecular complexity index is 769. The molecule has 0 bridgehead atoms. The number of carbonyl (C=O) groups is 3. The van der Waals surface area contributed by atoms with Crippen molar-refractivity contribution in [1.82, 2.24) is 10.2 Å². The van der Waals surface area contributed by atoms with Crippen LogP contribution in [0.3, 0.4) is 0 Å². The van der Waals surface area contributed by atoms with Gasteiger partial charge in [0.15, 0.2) is 0 Å². The molecule has 0 unspecified atom stereocenters. The van der Waals surface area contributed by atoms with Crippen LogP contribution in [0.15, 0.2) is 0 Å². The fourth-order valence-corrected chi connectivity index (χ4v) is 7.07. The molecule has 2 amide bonds. The number of fused-ring (bicyclic) bond motifs is 1. The van der Waals surface area contributed by atoms with Gasteiger partial charge in [-0.15, -0.1) is 11.8 Å². The summed E-state index contributed by atoms with van der Waals surface area (Å²) in [5.41, 5.74) is -1.07. The quantitative estimate of drug-likeness (QED) is 0.555. The van der Waals surface area contributed by atoms with Crippen LogP contribution in [0, 0.1) is 23.7 Å². The minimum Gasteiger partial charge on any atom is -0.480 e. The summed E-state index contributed by atoms with van der Waals surface area (Å²) in [4.78, 5) is 39.5. The van der Waals surface area contributed by atoms with Crippen molar-refractivity contribution < 1.29 is 24.2 Å². The zero-order valence-electron chi connectivity index (χ0n) is 20.7. The van der Waals surface area contributed by atoms with Crippen molar-refractivity contribution in [2.45, 2.75) is 109 Å². The first-order valence-electron chi connectivity index (χ1n) is 11.9. The number of aliphatic carboxylic acids is 1. The Labute approximate surface area is 196 Å². The highest BCUT2D eigenvalue weighted by Gasteiger charge is 2.64. The van der Waals surface area contributed by atoms with Crippen LogP contribution < -0.4 is 5.32 Å². The zero-order valence-corrected chi connectivity index (χ0v) is 21.5. The molecule has 1 saturated carbocycles. The Kier molecular flexibility index (Phi) is 6.99. The first-order valence-corrected chi connectivity index (χ1v) is 12.8. The molecule has 0 aromatic heterocycles. The van der Waals surface area contributed by atoms with Crippen molar-refractivity contribution in [3.05, 3.63) is 0 Å². The van der Waals surface area contributed by atoms with E-state index in [4.69, 9.17) is 4.74 Å². The van der Waals surface area contributed by atoms with E-state index in [0.717, 1.165) is 12.8 Å². The Morgan fingerprint density at radius 2 is 1.88 bits per heavy atom. The van der Waals surface area contributed by atoms with Crippen LogP contribution in [-0.4, -0.2) is 61.7 Å². The molecule has 2 N–H and O–H groups in total. The number of nitrogens with zero attached hydrogens (tertiary/aromatic N) is 1. The average Bonchev–Trinajstić information content (AvgIpc) is 2.93. The number of rotatable bonds is 7. The van der Waals surface area contributed by atoms with E-state index in [1.54, 1.807) is 0 Å². The van der Waals surface area contributed by atoms with Gasteiger partial charge in [-0.3, -0.25) is 9.59 Å². The van der Waals surface area contributed by atoms with Crippen molar-refractivity contribution >= 4 is 29.5 Å². The molecule has 2 heterocycles. The number of carboxylic acids is 1. The average molecular weight is 469 g/mol. The van der Waals surface area contributed by atoms with Crippen LogP contribution in [-0.2, 0) is 19.1 Å². The van der Waals surface area contributed by atoms with Gasteiger partial charge in [-0.1, -0.05) is 41.0 Å². The lowest BCUT2D eigenvalue weighted by Gasteiger charge is -2.47. The molecule has 3 fully saturated rings. The summed E-state index contributed by atoms with van der Waals surface area (Å²) >= 11 is 1.44. The standard InChI is InChI=1S/C24H40N2O5S/c1-12(2)15-10-9-14(5)11-16(15)31-24(8,13(3)4)22(30)25-17-19(27)26-18(21(28)29)23(6,7)32-20(17)26/h12-18,20H,9-11H2,1-8H3,(H,25,30)(H,28,29)/t14-,15+,16-,17-,18+,20-,24-/m1/s1. The van der Waals surface area contributed by atoms with Gasteiger partial charge in [-0.05, 0) is 57.3 Å². The SMILES string of the molecule is CC(C)[C@@H]1CC[C@@H](C)C[C@H]1O[C@@](C)(C(=O)N[C@@H]1C(=O)N2[C@@H]1SC(C)(C)[C@@H]2C(=O)O)C(C)C. The number of thioether (sulfide) groups is 1. The Balaban J connectivity index is 1.76. The molecule has 0 spiro atoms. The third kappa shape index (κ3) is 4.29. The van der Waals surface area contributed by atoms with Crippen LogP contribution in [0.2, 0.25) is 0 Å². The van der Waals surface area contributed by atoms with Gasteiger partial charge in [0.25, 0.3) is 5.91 Å². The van der Waals surface area contributed by atoms with E-state index in [9.17, 15) is 19.5 Å². The third-order valence-electron chi connectivity index (χ3n) is 7.87. The summed E-state index contributed by atoms with van der Waals surface area (Å²) in [6.45, 7) is 16.1. The van der Waals surface area contributed by atoms with E-state index >= 15 is 0 Å². The topological polar surface area (TPSA) is 95.9 Å². The molecule has 2 saturated heterocycles. The molecule has 3 rings (SSSR count). The molecule has 0 radical (unpaired) electrons. The number of ether oxygens (including phenoxy) is 1. The van der Waals surface area contributed by atoms with Gasteiger partial charge in [0, 0.05) is 4.75 Å². The lowest BCUT2D eigenvalue weighted by molar-refractivity contribution is -0.179. The first-order chi connectivity index (χ1) is 14.7. The second kappa shape index (κ2) is 8.82. The van der Waals surface area contributed by atoms with E-state index in [-0.39, 0.29) is 29.2 Å². The largest absolute Gasteiger partial charge is 0.480 e. The lowest BCUT2D eigenvalue weighted by atomic mass is 9.75. The van der Waals surface area contributed by atoms with E-state index in [0.29, 0.717) is 17.8 Å². The Morgan fingerprint density at radius 1 is 1.25 bits per heavy atom. The minimum absolute atomic E-state index is 0.00155. The van der Waals surface area contributed by atoms with Crippen LogP contribution >= 0.6 is 11.8 Å². The van der Waals surface area contributed by atoms with E-state index in [1.807, 2.05) is 34.6 Å². The number of hydrogen-bond acceptors (Lipinski definition) is 5. The molecule has 3 aliphatic rings. The maximum Gasteiger partial charge on any atom is 0.327 e. The maximum atomic E-state index is 13.5. The highest BCUT2D eigenvalue weighted by Crippen LogP contribution is 2.51. The Hall–Kier alpha value is -1.28. The number of amides is 2. The van der Waals surface area contributed by atoms with Gasteiger partial charge in [-0.2, -0.15) is 0 Å². The van der Waals surface area contributed by atoms with Crippen LogP contribution in [0.25, 0.3) is 0 Å². The molecule has 8 heteroatoms. The number of nitrogens with one attached hydrogen (secondary N) is 1. The van der Waals surface area contributed by atoms with Crippen molar-refractivity contribution in [2.24, 2.45) is 23.7 Å². The third-order valence-corrected chi connectivity index (χ3v) is 9.44. The minimum atomic E-state index is -1.07. The maximum absolute atomic E-state index is 13.5. The normalized spacial score (nSPS) is 35.9. The molecule has 0 aromatic carbocycles. The highest BCUT2D eigenvalue weighted by molar-refractivity contribution is 8.01. The summed E-state index contributed by atoms with van der Waals surface area (Å²) in [5.74, 6) is -0.280. The number of β-lactam (4-membered cyclic amide) rings is 1. The van der Waals surface area contributed by atoms with Gasteiger partial charge < -0.3 is 20.1 Å². The van der Waals surface area contributed by atoms with Crippen molar-refractivity contribution in [2.75, 3.05) is 0 Å². The van der Waals surface area contributed by atoms with E-state index in [1.165, 1.54) is 23.1 Å². The number of carbonyl (C=O) groups excluding carboxylic acids is 2. The second-order valence-electron chi connectivity index (χ2n) is 11.3. The smallest absolute Gasteiger partial charge is 0.327 e. The molecule has 32 heavy (non-hydrogen) atoms. The molecule has 7 atom stereocenters. The van der Waals surface area contributed by atoms with Crippen molar-refractivity contribution in [1.29, 1.82) is 0 Å². The van der Waals surface area contributed by atoms with Crippen LogP contribution in [0.1, 0.15) is 74.7 Å². The van der Waals surface area contributed by atoms with Crippen LogP contribution in [0.4, 0.5) is 0 Å². The molecule has 0 aromatic rings. The first kappa shape index (κ1) is 25.3.